The Kier molecular flexibility index (Phi) is 7.63. The molecule has 21 heavy (non-hydrogen) atoms. The van der Waals surface area contributed by atoms with E-state index in [0.717, 1.165) is 38.8 Å². The molecule has 1 amide bonds. The smallest absolute Gasteiger partial charge is 0.239 e. The zero-order valence-corrected chi connectivity index (χ0v) is 14.2. The summed E-state index contributed by atoms with van der Waals surface area (Å²) in [5.74, 6) is 0.180. The number of hydrogen-bond acceptors (Lipinski definition) is 4. The first-order valence-electron chi connectivity index (χ1n) is 8.29. The van der Waals surface area contributed by atoms with Gasteiger partial charge in [-0.05, 0) is 45.1 Å². The Morgan fingerprint density at radius 2 is 2.14 bits per heavy atom. The highest BCUT2D eigenvalue weighted by molar-refractivity contribution is 5.86. The van der Waals surface area contributed by atoms with Crippen LogP contribution in [-0.4, -0.2) is 55.7 Å². The van der Waals surface area contributed by atoms with Crippen LogP contribution in [0.15, 0.2) is 0 Å². The number of ether oxygens (including phenoxy) is 1. The van der Waals surface area contributed by atoms with Crippen LogP contribution in [0.4, 0.5) is 0 Å². The molecule has 124 valence electrons. The third-order valence-corrected chi connectivity index (χ3v) is 4.65. The standard InChI is InChI=1S/C16H33N3O2/c1-5-9-18-16(15(17)20,14-7-8-14)12-19(10-11-21-4)13(3)6-2/h13-14,18H,5-12H2,1-4H3,(H2,17,20). The molecule has 0 bridgehead atoms. The van der Waals surface area contributed by atoms with E-state index in [0.29, 0.717) is 25.1 Å². The van der Waals surface area contributed by atoms with Crippen molar-refractivity contribution in [3.05, 3.63) is 0 Å². The molecule has 0 aromatic rings. The van der Waals surface area contributed by atoms with Crippen LogP contribution >= 0.6 is 0 Å². The molecule has 0 radical (unpaired) electrons. The number of carbonyl (C=O) groups excluding carboxylic acids is 1. The van der Waals surface area contributed by atoms with Gasteiger partial charge < -0.3 is 15.8 Å². The summed E-state index contributed by atoms with van der Waals surface area (Å²) in [5.41, 5.74) is 5.24. The summed E-state index contributed by atoms with van der Waals surface area (Å²) in [6.45, 7) is 9.52. The summed E-state index contributed by atoms with van der Waals surface area (Å²) >= 11 is 0. The predicted octanol–water partition coefficient (Wildman–Crippen LogP) is 1.37. The van der Waals surface area contributed by atoms with Gasteiger partial charge in [0.2, 0.25) is 5.91 Å². The number of methoxy groups -OCH3 is 1. The van der Waals surface area contributed by atoms with Gasteiger partial charge in [-0.25, -0.2) is 0 Å². The Balaban J connectivity index is 2.86. The van der Waals surface area contributed by atoms with Gasteiger partial charge in [-0.15, -0.1) is 0 Å². The van der Waals surface area contributed by atoms with E-state index in [1.165, 1.54) is 0 Å². The van der Waals surface area contributed by atoms with Gasteiger partial charge in [-0.3, -0.25) is 9.69 Å². The number of nitrogens with zero attached hydrogens (tertiary/aromatic N) is 1. The molecular weight excluding hydrogens is 266 g/mol. The minimum absolute atomic E-state index is 0.204. The van der Waals surface area contributed by atoms with Crippen molar-refractivity contribution in [3.63, 3.8) is 0 Å². The molecule has 1 fully saturated rings. The Bertz CT molecular complexity index is 321. The molecular formula is C16H33N3O2. The quantitative estimate of drug-likeness (QED) is 0.571. The van der Waals surface area contributed by atoms with E-state index in [1.807, 2.05) is 0 Å². The summed E-state index contributed by atoms with van der Waals surface area (Å²) in [6, 6.07) is 0.418. The number of rotatable bonds is 12. The highest BCUT2D eigenvalue weighted by Gasteiger charge is 2.50. The summed E-state index contributed by atoms with van der Waals surface area (Å²) in [7, 11) is 1.71. The van der Waals surface area contributed by atoms with E-state index in [1.54, 1.807) is 7.11 Å². The van der Waals surface area contributed by atoms with Crippen molar-refractivity contribution in [1.82, 2.24) is 10.2 Å². The van der Waals surface area contributed by atoms with Crippen LogP contribution in [0.25, 0.3) is 0 Å². The van der Waals surface area contributed by atoms with Gasteiger partial charge in [0.05, 0.1) is 6.61 Å². The molecule has 2 unspecified atom stereocenters. The summed E-state index contributed by atoms with van der Waals surface area (Å²) in [4.78, 5) is 14.6. The minimum atomic E-state index is -0.576. The molecule has 1 aliphatic rings. The minimum Gasteiger partial charge on any atom is -0.383 e. The second-order valence-electron chi connectivity index (χ2n) is 6.26. The lowest BCUT2D eigenvalue weighted by Crippen LogP contribution is -2.64. The average Bonchev–Trinajstić information content (AvgIpc) is 3.30. The van der Waals surface area contributed by atoms with Crippen molar-refractivity contribution in [3.8, 4) is 0 Å². The van der Waals surface area contributed by atoms with Crippen LogP contribution in [0.3, 0.4) is 0 Å². The largest absolute Gasteiger partial charge is 0.383 e. The van der Waals surface area contributed by atoms with E-state index < -0.39 is 5.54 Å². The van der Waals surface area contributed by atoms with Gasteiger partial charge in [0, 0.05) is 26.2 Å². The second kappa shape index (κ2) is 8.71. The van der Waals surface area contributed by atoms with Crippen molar-refractivity contribution in [1.29, 1.82) is 0 Å². The fourth-order valence-corrected chi connectivity index (χ4v) is 2.86. The summed E-state index contributed by atoms with van der Waals surface area (Å²) in [5, 5.41) is 3.47. The lowest BCUT2D eigenvalue weighted by molar-refractivity contribution is -0.126. The van der Waals surface area contributed by atoms with Crippen LogP contribution < -0.4 is 11.1 Å². The summed E-state index contributed by atoms with van der Waals surface area (Å²) in [6.07, 6.45) is 4.25. The SMILES string of the molecule is CCCNC(CN(CCOC)C(C)CC)(C(N)=O)C1CC1. The predicted molar refractivity (Wildman–Crippen MR) is 86.1 cm³/mol. The van der Waals surface area contributed by atoms with Crippen LogP contribution in [0.1, 0.15) is 46.5 Å². The topological polar surface area (TPSA) is 67.6 Å². The Morgan fingerprint density at radius 1 is 1.48 bits per heavy atom. The second-order valence-corrected chi connectivity index (χ2v) is 6.26. The first-order valence-corrected chi connectivity index (χ1v) is 8.29. The van der Waals surface area contributed by atoms with Crippen LogP contribution in [0.5, 0.6) is 0 Å². The third-order valence-electron chi connectivity index (χ3n) is 4.65. The zero-order chi connectivity index (χ0) is 15.9. The maximum Gasteiger partial charge on any atom is 0.239 e. The number of nitrogens with two attached hydrogens (primary N) is 1. The fraction of sp³-hybridized carbons (Fsp3) is 0.938. The van der Waals surface area contributed by atoms with E-state index in [-0.39, 0.29) is 5.91 Å². The third kappa shape index (κ3) is 4.94. The van der Waals surface area contributed by atoms with E-state index >= 15 is 0 Å². The van der Waals surface area contributed by atoms with Gasteiger partial charge in [0.25, 0.3) is 0 Å². The molecule has 0 saturated heterocycles. The molecule has 5 heteroatoms. The van der Waals surface area contributed by atoms with Gasteiger partial charge in [-0.2, -0.15) is 0 Å². The average molecular weight is 299 g/mol. The zero-order valence-electron chi connectivity index (χ0n) is 14.2. The Hall–Kier alpha value is -0.650. The maximum atomic E-state index is 12.2. The van der Waals surface area contributed by atoms with Crippen molar-refractivity contribution < 1.29 is 9.53 Å². The fourth-order valence-electron chi connectivity index (χ4n) is 2.86. The van der Waals surface area contributed by atoms with E-state index in [4.69, 9.17) is 10.5 Å². The first-order chi connectivity index (χ1) is 10.0. The van der Waals surface area contributed by atoms with E-state index in [9.17, 15) is 4.79 Å². The molecule has 0 aromatic heterocycles. The monoisotopic (exact) mass is 299 g/mol. The highest BCUT2D eigenvalue weighted by atomic mass is 16.5. The first kappa shape index (κ1) is 18.4. The van der Waals surface area contributed by atoms with Gasteiger partial charge in [-0.1, -0.05) is 13.8 Å². The van der Waals surface area contributed by atoms with Crippen LogP contribution in [0, 0.1) is 5.92 Å². The molecule has 3 N–H and O–H groups in total. The summed E-state index contributed by atoms with van der Waals surface area (Å²) < 4.78 is 5.22. The molecule has 0 aliphatic heterocycles. The lowest BCUT2D eigenvalue weighted by Gasteiger charge is -2.39. The maximum absolute atomic E-state index is 12.2. The van der Waals surface area contributed by atoms with E-state index in [2.05, 4.69) is 31.0 Å². The molecule has 1 aliphatic carbocycles. The molecule has 0 heterocycles. The molecule has 1 rings (SSSR count). The number of carbonyl (C=O) groups is 1. The van der Waals surface area contributed by atoms with Crippen molar-refractivity contribution in [2.24, 2.45) is 11.7 Å². The Morgan fingerprint density at radius 3 is 2.57 bits per heavy atom. The number of hydrogen-bond donors (Lipinski definition) is 2. The lowest BCUT2D eigenvalue weighted by atomic mass is 9.90. The molecule has 2 atom stereocenters. The normalized spacial score (nSPS) is 19.5. The number of primary amides is 1. The van der Waals surface area contributed by atoms with Crippen molar-refractivity contribution in [2.45, 2.75) is 58.0 Å². The van der Waals surface area contributed by atoms with Gasteiger partial charge >= 0.3 is 0 Å². The molecule has 5 nitrogen and oxygen atoms in total. The molecule has 0 aromatic carbocycles. The highest BCUT2D eigenvalue weighted by Crippen LogP contribution is 2.40. The van der Waals surface area contributed by atoms with Crippen molar-refractivity contribution >= 4 is 5.91 Å². The van der Waals surface area contributed by atoms with Crippen LogP contribution in [0.2, 0.25) is 0 Å². The number of amides is 1. The van der Waals surface area contributed by atoms with Crippen LogP contribution in [-0.2, 0) is 9.53 Å². The molecule has 0 spiro atoms. The van der Waals surface area contributed by atoms with Crippen molar-refractivity contribution in [2.75, 3.05) is 33.4 Å². The molecule has 1 saturated carbocycles. The Labute approximate surface area is 129 Å². The van der Waals surface area contributed by atoms with Gasteiger partial charge in [0.1, 0.15) is 5.54 Å². The van der Waals surface area contributed by atoms with Gasteiger partial charge in [0.15, 0.2) is 0 Å². The number of nitrogens with one attached hydrogen (secondary N) is 1.